The van der Waals surface area contributed by atoms with Gasteiger partial charge < -0.3 is 16.0 Å². The molecule has 0 aliphatic carbocycles. The van der Waals surface area contributed by atoms with Crippen molar-refractivity contribution >= 4 is 11.7 Å². The van der Waals surface area contributed by atoms with Crippen LogP contribution in [0.2, 0.25) is 0 Å². The van der Waals surface area contributed by atoms with Crippen LogP contribution in [0.4, 0.5) is 10.5 Å². The van der Waals surface area contributed by atoms with Gasteiger partial charge in [0.05, 0.1) is 5.69 Å². The van der Waals surface area contributed by atoms with Crippen molar-refractivity contribution in [2.75, 3.05) is 5.32 Å². The Labute approximate surface area is 131 Å². The Morgan fingerprint density at radius 3 is 2.50 bits per heavy atom. The minimum Gasteiger partial charge on any atom is -0.336 e. The first-order valence-corrected chi connectivity index (χ1v) is 7.40. The highest BCUT2D eigenvalue weighted by Crippen LogP contribution is 2.09. The second kappa shape index (κ2) is 8.14. The molecule has 1 aromatic heterocycles. The molecule has 3 N–H and O–H groups in total. The zero-order chi connectivity index (χ0) is 15.8. The summed E-state index contributed by atoms with van der Waals surface area (Å²) in [6, 6.07) is 13.6. The average Bonchev–Trinajstić information content (AvgIpc) is 2.49. The van der Waals surface area contributed by atoms with E-state index in [4.69, 9.17) is 0 Å². The molecule has 22 heavy (non-hydrogen) atoms. The molecule has 116 valence electrons. The van der Waals surface area contributed by atoms with Crippen LogP contribution < -0.4 is 16.0 Å². The van der Waals surface area contributed by atoms with E-state index in [1.54, 1.807) is 6.20 Å². The summed E-state index contributed by atoms with van der Waals surface area (Å²) in [5, 5.41) is 8.93. The van der Waals surface area contributed by atoms with Crippen molar-refractivity contribution in [2.45, 2.75) is 33.0 Å². The third kappa shape index (κ3) is 5.54. The minimum absolute atomic E-state index is 0.120. The molecule has 0 fully saturated rings. The molecule has 5 heteroatoms. The Morgan fingerprint density at radius 1 is 1.09 bits per heavy atom. The van der Waals surface area contributed by atoms with Crippen LogP contribution in [0.25, 0.3) is 0 Å². The predicted octanol–water partition coefficient (Wildman–Crippen LogP) is 2.90. The Balaban J connectivity index is 1.78. The highest BCUT2D eigenvalue weighted by atomic mass is 16.2. The van der Waals surface area contributed by atoms with E-state index in [0.717, 1.165) is 30.0 Å². The molecule has 1 aromatic carbocycles. The molecule has 5 nitrogen and oxygen atoms in total. The van der Waals surface area contributed by atoms with E-state index in [1.807, 2.05) is 56.3 Å². The minimum atomic E-state index is -0.184. The largest absolute Gasteiger partial charge is 0.336 e. The van der Waals surface area contributed by atoms with Crippen molar-refractivity contribution in [1.82, 2.24) is 15.6 Å². The molecule has 0 aliphatic rings. The SMILES string of the molecule is CC(C)NC(=O)Nc1ccc(CNCc2ccccn2)cc1. The number of nitrogens with one attached hydrogen (secondary N) is 3. The van der Waals surface area contributed by atoms with Gasteiger partial charge in [0, 0.05) is 31.0 Å². The average molecular weight is 298 g/mol. The number of amides is 2. The fourth-order valence-electron chi connectivity index (χ4n) is 1.97. The van der Waals surface area contributed by atoms with Gasteiger partial charge in [-0.2, -0.15) is 0 Å². The summed E-state index contributed by atoms with van der Waals surface area (Å²) in [5.41, 5.74) is 2.96. The monoisotopic (exact) mass is 298 g/mol. The normalized spacial score (nSPS) is 10.5. The summed E-state index contributed by atoms with van der Waals surface area (Å²) in [5.74, 6) is 0. The van der Waals surface area contributed by atoms with E-state index >= 15 is 0 Å². The van der Waals surface area contributed by atoms with Crippen molar-refractivity contribution in [2.24, 2.45) is 0 Å². The van der Waals surface area contributed by atoms with Crippen LogP contribution >= 0.6 is 0 Å². The molecule has 0 aliphatic heterocycles. The van der Waals surface area contributed by atoms with Gasteiger partial charge in [0.25, 0.3) is 0 Å². The number of aromatic nitrogens is 1. The van der Waals surface area contributed by atoms with Crippen LogP contribution in [0.15, 0.2) is 48.7 Å². The summed E-state index contributed by atoms with van der Waals surface area (Å²) in [4.78, 5) is 15.9. The molecule has 2 rings (SSSR count). The molecule has 0 radical (unpaired) electrons. The quantitative estimate of drug-likeness (QED) is 0.768. The first kappa shape index (κ1) is 16.0. The molecule has 2 aromatic rings. The number of carbonyl (C=O) groups excluding carboxylic acids is 1. The number of benzene rings is 1. The first-order valence-electron chi connectivity index (χ1n) is 7.40. The van der Waals surface area contributed by atoms with E-state index in [1.165, 1.54) is 0 Å². The Kier molecular flexibility index (Phi) is 5.91. The fraction of sp³-hybridized carbons (Fsp3) is 0.294. The van der Waals surface area contributed by atoms with Crippen LogP contribution in [0.3, 0.4) is 0 Å². The first-order chi connectivity index (χ1) is 10.6. The van der Waals surface area contributed by atoms with Gasteiger partial charge in [0.2, 0.25) is 0 Å². The van der Waals surface area contributed by atoms with Crippen LogP contribution in [0.5, 0.6) is 0 Å². The topological polar surface area (TPSA) is 66.1 Å². The van der Waals surface area contributed by atoms with Gasteiger partial charge in [0.15, 0.2) is 0 Å². The zero-order valence-corrected chi connectivity index (χ0v) is 13.0. The molecule has 0 saturated heterocycles. The Hall–Kier alpha value is -2.40. The summed E-state index contributed by atoms with van der Waals surface area (Å²) in [6.07, 6.45) is 1.79. The molecule has 0 spiro atoms. The lowest BCUT2D eigenvalue weighted by Gasteiger charge is -2.10. The van der Waals surface area contributed by atoms with Gasteiger partial charge >= 0.3 is 6.03 Å². The molecular formula is C17H22N4O. The van der Waals surface area contributed by atoms with Crippen LogP contribution in [-0.2, 0) is 13.1 Å². The van der Waals surface area contributed by atoms with Crippen LogP contribution in [0.1, 0.15) is 25.1 Å². The number of carbonyl (C=O) groups is 1. The molecule has 1 heterocycles. The van der Waals surface area contributed by atoms with Gasteiger partial charge in [-0.3, -0.25) is 4.98 Å². The van der Waals surface area contributed by atoms with E-state index in [0.29, 0.717) is 0 Å². The van der Waals surface area contributed by atoms with E-state index in [9.17, 15) is 4.79 Å². The van der Waals surface area contributed by atoms with Crippen molar-refractivity contribution in [1.29, 1.82) is 0 Å². The summed E-state index contributed by atoms with van der Waals surface area (Å²) >= 11 is 0. The van der Waals surface area contributed by atoms with Crippen LogP contribution in [-0.4, -0.2) is 17.1 Å². The van der Waals surface area contributed by atoms with Crippen LogP contribution in [0, 0.1) is 0 Å². The second-order valence-corrected chi connectivity index (χ2v) is 5.37. The van der Waals surface area contributed by atoms with Crippen molar-refractivity contribution in [3.63, 3.8) is 0 Å². The third-order valence-electron chi connectivity index (χ3n) is 2.99. The number of rotatable bonds is 6. The van der Waals surface area contributed by atoms with E-state index in [-0.39, 0.29) is 12.1 Å². The van der Waals surface area contributed by atoms with Gasteiger partial charge in [-0.05, 0) is 43.7 Å². The predicted molar refractivity (Wildman–Crippen MR) is 88.5 cm³/mol. The zero-order valence-electron chi connectivity index (χ0n) is 13.0. The summed E-state index contributed by atoms with van der Waals surface area (Å²) in [7, 11) is 0. The lowest BCUT2D eigenvalue weighted by molar-refractivity contribution is 0.250. The smallest absolute Gasteiger partial charge is 0.319 e. The second-order valence-electron chi connectivity index (χ2n) is 5.37. The highest BCUT2D eigenvalue weighted by Gasteiger charge is 2.03. The number of nitrogens with zero attached hydrogens (tertiary/aromatic N) is 1. The highest BCUT2D eigenvalue weighted by molar-refractivity contribution is 5.89. The summed E-state index contributed by atoms with van der Waals surface area (Å²) in [6.45, 7) is 5.35. The Bertz CT molecular complexity index is 581. The van der Waals surface area contributed by atoms with Crippen molar-refractivity contribution in [3.8, 4) is 0 Å². The maximum atomic E-state index is 11.6. The molecule has 2 amide bonds. The van der Waals surface area contributed by atoms with Crippen molar-refractivity contribution < 1.29 is 4.79 Å². The number of hydrogen-bond acceptors (Lipinski definition) is 3. The van der Waals surface area contributed by atoms with Gasteiger partial charge in [-0.1, -0.05) is 18.2 Å². The number of hydrogen-bond donors (Lipinski definition) is 3. The van der Waals surface area contributed by atoms with E-state index < -0.39 is 0 Å². The Morgan fingerprint density at radius 2 is 1.86 bits per heavy atom. The molecular weight excluding hydrogens is 276 g/mol. The van der Waals surface area contributed by atoms with Gasteiger partial charge in [-0.15, -0.1) is 0 Å². The molecule has 0 saturated carbocycles. The van der Waals surface area contributed by atoms with Crippen molar-refractivity contribution in [3.05, 3.63) is 59.9 Å². The number of pyridine rings is 1. The number of urea groups is 1. The van der Waals surface area contributed by atoms with Gasteiger partial charge in [-0.25, -0.2) is 4.79 Å². The van der Waals surface area contributed by atoms with Gasteiger partial charge in [0.1, 0.15) is 0 Å². The molecule has 0 unspecified atom stereocenters. The maximum absolute atomic E-state index is 11.6. The number of anilines is 1. The maximum Gasteiger partial charge on any atom is 0.319 e. The lowest BCUT2D eigenvalue weighted by Crippen LogP contribution is -2.34. The molecule has 0 atom stereocenters. The van der Waals surface area contributed by atoms with E-state index in [2.05, 4.69) is 20.9 Å². The standard InChI is InChI=1S/C17H22N4O/c1-13(2)20-17(22)21-15-8-6-14(7-9-15)11-18-12-16-5-3-4-10-19-16/h3-10,13,18H,11-12H2,1-2H3,(H2,20,21,22). The third-order valence-corrected chi connectivity index (χ3v) is 2.99. The summed E-state index contributed by atoms with van der Waals surface area (Å²) < 4.78 is 0. The lowest BCUT2D eigenvalue weighted by atomic mass is 10.2. The fourth-order valence-corrected chi connectivity index (χ4v) is 1.97. The molecule has 0 bridgehead atoms.